The molecule has 27 heavy (non-hydrogen) atoms. The van der Waals surface area contributed by atoms with Crippen molar-refractivity contribution in [3.05, 3.63) is 66.2 Å². The number of unbranched alkanes of at least 4 members (excludes halogenated alkanes) is 1. The molecule has 2 aliphatic rings. The van der Waals surface area contributed by atoms with E-state index in [2.05, 4.69) is 31.2 Å². The molecule has 5 heteroatoms. The topological polar surface area (TPSA) is 44.8 Å². The SMILES string of the molecule is CCCCc1ccc(-c2cc(-c3ccccc3)c3c4c2OP(=O)(O3)O4)cc1. The molecule has 0 aliphatic carbocycles. The van der Waals surface area contributed by atoms with Crippen LogP contribution in [0.25, 0.3) is 22.3 Å². The van der Waals surface area contributed by atoms with Gasteiger partial charge in [-0.2, -0.15) is 4.57 Å². The fraction of sp³-hybridized carbons (Fsp3) is 0.182. The zero-order chi connectivity index (χ0) is 18.4. The van der Waals surface area contributed by atoms with Gasteiger partial charge in [-0.05, 0) is 35.6 Å². The normalized spacial score (nSPS) is 18.7. The summed E-state index contributed by atoms with van der Waals surface area (Å²) < 4.78 is 29.2. The van der Waals surface area contributed by atoms with Crippen molar-refractivity contribution >= 4 is 7.82 Å². The van der Waals surface area contributed by atoms with E-state index in [4.69, 9.17) is 13.6 Å². The van der Waals surface area contributed by atoms with Crippen LogP contribution >= 0.6 is 7.82 Å². The van der Waals surface area contributed by atoms with E-state index in [1.807, 2.05) is 36.4 Å². The Morgan fingerprint density at radius 3 is 1.96 bits per heavy atom. The Labute approximate surface area is 158 Å². The van der Waals surface area contributed by atoms with Crippen molar-refractivity contribution in [2.24, 2.45) is 0 Å². The standard InChI is InChI=1S/C22H19O4P/c1-2-3-7-15-10-12-17(13-11-15)19-14-18(16-8-5-4-6-9-16)20-22-21(19)25-27(23,24-20)26-22/h4-6,8-14H,2-3,7H2,1H3. The van der Waals surface area contributed by atoms with Gasteiger partial charge in [-0.25, -0.2) is 0 Å². The van der Waals surface area contributed by atoms with Crippen molar-refractivity contribution in [3.8, 4) is 39.5 Å². The van der Waals surface area contributed by atoms with Crippen molar-refractivity contribution in [2.45, 2.75) is 26.2 Å². The van der Waals surface area contributed by atoms with Crippen LogP contribution in [0.2, 0.25) is 0 Å². The molecule has 3 aromatic carbocycles. The van der Waals surface area contributed by atoms with E-state index in [1.54, 1.807) is 0 Å². The molecule has 0 radical (unpaired) electrons. The quantitative estimate of drug-likeness (QED) is 0.467. The van der Waals surface area contributed by atoms with Crippen LogP contribution in [-0.4, -0.2) is 0 Å². The highest BCUT2D eigenvalue weighted by Gasteiger charge is 2.52. The van der Waals surface area contributed by atoms with Crippen molar-refractivity contribution in [1.29, 1.82) is 0 Å². The van der Waals surface area contributed by atoms with Crippen molar-refractivity contribution < 1.29 is 18.1 Å². The highest BCUT2D eigenvalue weighted by molar-refractivity contribution is 7.50. The van der Waals surface area contributed by atoms with Crippen LogP contribution in [0, 0.1) is 0 Å². The first-order valence-electron chi connectivity index (χ1n) is 9.21. The molecule has 1 atom stereocenters. The zero-order valence-corrected chi connectivity index (χ0v) is 15.9. The number of fused-ring (bicyclic) bond motifs is 1. The van der Waals surface area contributed by atoms with Gasteiger partial charge < -0.3 is 13.6 Å². The number of aryl methyl sites for hydroxylation is 1. The second-order valence-electron chi connectivity index (χ2n) is 6.85. The van der Waals surface area contributed by atoms with Crippen LogP contribution in [0.15, 0.2) is 60.7 Å². The third-order valence-corrected chi connectivity index (χ3v) is 6.19. The maximum Gasteiger partial charge on any atom is 0.647 e. The second kappa shape index (κ2) is 6.17. The summed E-state index contributed by atoms with van der Waals surface area (Å²) in [6.07, 6.45) is 3.43. The number of phosphoric ester groups is 1. The van der Waals surface area contributed by atoms with Gasteiger partial charge in [-0.1, -0.05) is 67.9 Å². The average Bonchev–Trinajstić information content (AvgIpc) is 3.22. The Morgan fingerprint density at radius 2 is 1.37 bits per heavy atom. The highest BCUT2D eigenvalue weighted by Crippen LogP contribution is 2.72. The van der Waals surface area contributed by atoms with Crippen LogP contribution in [-0.2, 0) is 11.0 Å². The molecular weight excluding hydrogens is 359 g/mol. The number of phosphoric acid groups is 1. The average molecular weight is 378 g/mol. The summed E-state index contributed by atoms with van der Waals surface area (Å²) in [4.78, 5) is 0. The summed E-state index contributed by atoms with van der Waals surface area (Å²) in [6.45, 7) is 2.19. The third-order valence-electron chi connectivity index (χ3n) is 4.97. The molecule has 2 heterocycles. The predicted molar refractivity (Wildman–Crippen MR) is 105 cm³/mol. The number of hydrogen-bond donors (Lipinski definition) is 0. The molecule has 1 unspecified atom stereocenters. The van der Waals surface area contributed by atoms with Crippen molar-refractivity contribution in [1.82, 2.24) is 0 Å². The van der Waals surface area contributed by atoms with Crippen LogP contribution in [0.5, 0.6) is 17.2 Å². The Kier molecular flexibility index (Phi) is 3.76. The van der Waals surface area contributed by atoms with E-state index in [1.165, 1.54) is 18.4 Å². The number of benzene rings is 3. The lowest BCUT2D eigenvalue weighted by atomic mass is 9.95. The first-order valence-corrected chi connectivity index (χ1v) is 10.7. The predicted octanol–water partition coefficient (Wildman–Crippen LogP) is 6.63. The molecule has 0 saturated heterocycles. The van der Waals surface area contributed by atoms with E-state index in [-0.39, 0.29) is 0 Å². The third kappa shape index (κ3) is 2.72. The van der Waals surface area contributed by atoms with E-state index in [0.717, 1.165) is 28.7 Å². The van der Waals surface area contributed by atoms with Crippen LogP contribution in [0.1, 0.15) is 25.3 Å². The lowest BCUT2D eigenvalue weighted by Crippen LogP contribution is -2.00. The van der Waals surface area contributed by atoms with Crippen LogP contribution in [0.4, 0.5) is 0 Å². The van der Waals surface area contributed by atoms with Gasteiger partial charge in [0.1, 0.15) is 0 Å². The summed E-state index contributed by atoms with van der Waals surface area (Å²) >= 11 is 0. The summed E-state index contributed by atoms with van der Waals surface area (Å²) in [6, 6.07) is 20.4. The highest BCUT2D eigenvalue weighted by atomic mass is 31.2. The van der Waals surface area contributed by atoms with Gasteiger partial charge in [0.15, 0.2) is 11.5 Å². The van der Waals surface area contributed by atoms with Crippen molar-refractivity contribution in [2.75, 3.05) is 0 Å². The molecular formula is C22H19O4P. The van der Waals surface area contributed by atoms with Gasteiger partial charge in [0.25, 0.3) is 0 Å². The minimum absolute atomic E-state index is 0.449. The molecule has 0 N–H and O–H groups in total. The molecule has 5 rings (SSSR count). The molecule has 0 spiro atoms. The van der Waals surface area contributed by atoms with Gasteiger partial charge in [0.05, 0.1) is 0 Å². The van der Waals surface area contributed by atoms with Gasteiger partial charge in [-0.3, -0.25) is 0 Å². The van der Waals surface area contributed by atoms with E-state index in [9.17, 15) is 4.57 Å². The maximum absolute atomic E-state index is 12.6. The molecule has 0 aromatic heterocycles. The molecule has 0 amide bonds. The van der Waals surface area contributed by atoms with Crippen LogP contribution in [0.3, 0.4) is 0 Å². The maximum atomic E-state index is 12.6. The van der Waals surface area contributed by atoms with Crippen LogP contribution < -0.4 is 13.6 Å². The monoisotopic (exact) mass is 378 g/mol. The Hall–Kier alpha value is -2.71. The largest absolute Gasteiger partial charge is 0.647 e. The summed E-state index contributed by atoms with van der Waals surface area (Å²) in [5, 5.41) is 0. The first-order chi connectivity index (χ1) is 13.2. The summed E-state index contributed by atoms with van der Waals surface area (Å²) in [5.74, 6) is 1.47. The Balaban J connectivity index is 1.64. The molecule has 0 fully saturated rings. The minimum atomic E-state index is -3.57. The summed E-state index contributed by atoms with van der Waals surface area (Å²) in [7, 11) is -3.57. The molecule has 136 valence electrons. The van der Waals surface area contributed by atoms with Gasteiger partial charge >= 0.3 is 7.82 Å². The van der Waals surface area contributed by atoms with Gasteiger partial charge in [-0.15, -0.1) is 0 Å². The lowest BCUT2D eigenvalue weighted by Gasteiger charge is -2.17. The van der Waals surface area contributed by atoms with E-state index in [0.29, 0.717) is 17.2 Å². The zero-order valence-electron chi connectivity index (χ0n) is 15.0. The van der Waals surface area contributed by atoms with Gasteiger partial charge in [0, 0.05) is 11.1 Å². The van der Waals surface area contributed by atoms with E-state index < -0.39 is 7.82 Å². The van der Waals surface area contributed by atoms with E-state index >= 15 is 0 Å². The molecule has 2 aliphatic heterocycles. The van der Waals surface area contributed by atoms with Gasteiger partial charge in [0.2, 0.25) is 5.75 Å². The number of rotatable bonds is 5. The molecule has 4 nitrogen and oxygen atoms in total. The first kappa shape index (κ1) is 16.5. The number of hydrogen-bond acceptors (Lipinski definition) is 4. The molecule has 0 saturated carbocycles. The smallest absolute Gasteiger partial charge is 0.381 e. The second-order valence-corrected chi connectivity index (χ2v) is 8.29. The fourth-order valence-electron chi connectivity index (χ4n) is 3.56. The van der Waals surface area contributed by atoms with Crippen molar-refractivity contribution in [3.63, 3.8) is 0 Å². The Bertz CT molecular complexity index is 1060. The molecule has 2 bridgehead atoms. The minimum Gasteiger partial charge on any atom is -0.381 e. The summed E-state index contributed by atoms with van der Waals surface area (Å²) in [5.41, 5.74) is 5.04. The molecule has 3 aromatic rings. The lowest BCUT2D eigenvalue weighted by molar-refractivity contribution is 0.355. The fourth-order valence-corrected chi connectivity index (χ4v) is 4.87. The Morgan fingerprint density at radius 1 is 0.778 bits per heavy atom.